The number of nitrogens with zero attached hydrogens (tertiary/aromatic N) is 4. The first-order valence-electron chi connectivity index (χ1n) is 6.15. The van der Waals surface area contributed by atoms with E-state index in [9.17, 15) is 0 Å². The molecule has 2 aromatic rings. The molecule has 0 saturated carbocycles. The maximum atomic E-state index is 4.47. The number of rotatable bonds is 5. The number of hydrogen-bond donors (Lipinski definition) is 1. The normalized spacial score (nSPS) is 15.0. The summed E-state index contributed by atoms with van der Waals surface area (Å²) in [6.45, 7) is 7.47. The van der Waals surface area contributed by atoms with Crippen molar-refractivity contribution < 1.29 is 0 Å². The predicted molar refractivity (Wildman–Crippen MR) is 67.0 cm³/mol. The summed E-state index contributed by atoms with van der Waals surface area (Å²) in [4.78, 5) is 4.47. The summed E-state index contributed by atoms with van der Waals surface area (Å²) < 4.78 is 1.91. The van der Waals surface area contributed by atoms with Crippen molar-refractivity contribution in [3.8, 4) is 0 Å². The molecule has 0 saturated heterocycles. The van der Waals surface area contributed by atoms with Gasteiger partial charge in [-0.25, -0.2) is 0 Å². The molecule has 92 valence electrons. The number of aromatic nitrogens is 4. The zero-order valence-electron chi connectivity index (χ0n) is 10.6. The minimum absolute atomic E-state index is 0.327. The molecule has 0 aliphatic carbocycles. The van der Waals surface area contributed by atoms with Gasteiger partial charge in [-0.3, -0.25) is 9.38 Å². The van der Waals surface area contributed by atoms with E-state index in [4.69, 9.17) is 0 Å². The first-order chi connectivity index (χ1) is 8.27. The standard InChI is InChI=1S/C12H19N5/c1-4-10(13-5-2)9(3)11-12-16-15-8-17(12)7-6-14-11/h6-10,13H,4-5H2,1-3H3. The van der Waals surface area contributed by atoms with Crippen LogP contribution in [-0.2, 0) is 0 Å². The number of nitrogens with one attached hydrogen (secondary N) is 1. The minimum Gasteiger partial charge on any atom is -0.314 e. The average Bonchev–Trinajstić information content (AvgIpc) is 2.83. The molecule has 0 amide bonds. The molecule has 0 aliphatic rings. The van der Waals surface area contributed by atoms with E-state index in [0.29, 0.717) is 12.0 Å². The van der Waals surface area contributed by atoms with Gasteiger partial charge in [-0.15, -0.1) is 10.2 Å². The summed E-state index contributed by atoms with van der Waals surface area (Å²) in [7, 11) is 0. The fourth-order valence-electron chi connectivity index (χ4n) is 2.23. The van der Waals surface area contributed by atoms with Gasteiger partial charge in [-0.2, -0.15) is 0 Å². The van der Waals surface area contributed by atoms with Crippen LogP contribution < -0.4 is 5.32 Å². The lowest BCUT2D eigenvalue weighted by atomic mass is 9.96. The zero-order valence-corrected chi connectivity index (χ0v) is 10.6. The van der Waals surface area contributed by atoms with Crippen molar-refractivity contribution in [2.45, 2.75) is 39.2 Å². The van der Waals surface area contributed by atoms with Gasteiger partial charge >= 0.3 is 0 Å². The topological polar surface area (TPSA) is 55.1 Å². The van der Waals surface area contributed by atoms with Crippen LogP contribution in [0.1, 0.15) is 38.8 Å². The summed E-state index contributed by atoms with van der Waals surface area (Å²) in [6.07, 6.45) is 6.47. The van der Waals surface area contributed by atoms with Crippen molar-refractivity contribution in [2.24, 2.45) is 0 Å². The van der Waals surface area contributed by atoms with Crippen LogP contribution in [0.3, 0.4) is 0 Å². The molecule has 2 unspecified atom stereocenters. The van der Waals surface area contributed by atoms with Gasteiger partial charge in [0.25, 0.3) is 0 Å². The van der Waals surface area contributed by atoms with Crippen LogP contribution in [0.25, 0.3) is 5.65 Å². The highest BCUT2D eigenvalue weighted by Gasteiger charge is 2.20. The molecule has 2 rings (SSSR count). The molecular formula is C12H19N5. The van der Waals surface area contributed by atoms with Crippen LogP contribution in [0.5, 0.6) is 0 Å². The molecule has 0 aromatic carbocycles. The Morgan fingerprint density at radius 2 is 2.24 bits per heavy atom. The lowest BCUT2D eigenvalue weighted by Crippen LogP contribution is -2.33. The van der Waals surface area contributed by atoms with Crippen LogP contribution >= 0.6 is 0 Å². The van der Waals surface area contributed by atoms with Crippen molar-refractivity contribution in [1.82, 2.24) is 24.9 Å². The van der Waals surface area contributed by atoms with Gasteiger partial charge in [0.15, 0.2) is 5.65 Å². The van der Waals surface area contributed by atoms with Crippen molar-refractivity contribution in [1.29, 1.82) is 0 Å². The smallest absolute Gasteiger partial charge is 0.182 e. The van der Waals surface area contributed by atoms with Gasteiger partial charge in [-0.05, 0) is 13.0 Å². The Morgan fingerprint density at radius 3 is 2.94 bits per heavy atom. The second kappa shape index (κ2) is 5.23. The van der Waals surface area contributed by atoms with E-state index in [-0.39, 0.29) is 0 Å². The van der Waals surface area contributed by atoms with E-state index in [1.54, 1.807) is 12.5 Å². The minimum atomic E-state index is 0.327. The quantitative estimate of drug-likeness (QED) is 0.852. The first-order valence-corrected chi connectivity index (χ1v) is 6.15. The summed E-state index contributed by atoms with van der Waals surface area (Å²) >= 11 is 0. The van der Waals surface area contributed by atoms with Crippen LogP contribution in [0.15, 0.2) is 18.7 Å². The maximum Gasteiger partial charge on any atom is 0.182 e. The van der Waals surface area contributed by atoms with Crippen molar-refractivity contribution >= 4 is 5.65 Å². The molecule has 1 N–H and O–H groups in total. The van der Waals surface area contributed by atoms with Gasteiger partial charge in [0.05, 0.1) is 5.69 Å². The Hall–Kier alpha value is -1.49. The largest absolute Gasteiger partial charge is 0.314 e. The SMILES string of the molecule is CCNC(CC)C(C)c1nccn2cnnc12. The molecule has 2 heterocycles. The van der Waals surface area contributed by atoms with Crippen LogP contribution in [0.2, 0.25) is 0 Å². The van der Waals surface area contributed by atoms with Gasteiger partial charge in [0.1, 0.15) is 6.33 Å². The highest BCUT2D eigenvalue weighted by Crippen LogP contribution is 2.21. The van der Waals surface area contributed by atoms with Gasteiger partial charge < -0.3 is 5.32 Å². The van der Waals surface area contributed by atoms with Crippen LogP contribution in [0, 0.1) is 0 Å². The zero-order chi connectivity index (χ0) is 12.3. The summed E-state index contributed by atoms with van der Waals surface area (Å²) in [5, 5.41) is 11.6. The summed E-state index contributed by atoms with van der Waals surface area (Å²) in [5.74, 6) is 0.327. The van der Waals surface area contributed by atoms with E-state index in [1.165, 1.54) is 0 Å². The van der Waals surface area contributed by atoms with E-state index < -0.39 is 0 Å². The molecule has 17 heavy (non-hydrogen) atoms. The van der Waals surface area contributed by atoms with E-state index in [0.717, 1.165) is 24.3 Å². The summed E-state index contributed by atoms with van der Waals surface area (Å²) in [5.41, 5.74) is 1.87. The number of likely N-dealkylation sites (N-methyl/N-ethyl adjacent to an activating group) is 1. The van der Waals surface area contributed by atoms with Gasteiger partial charge in [-0.1, -0.05) is 20.8 Å². The molecule has 0 radical (unpaired) electrons. The fourth-order valence-corrected chi connectivity index (χ4v) is 2.23. The second-order valence-electron chi connectivity index (χ2n) is 4.24. The number of hydrogen-bond acceptors (Lipinski definition) is 4. The van der Waals surface area contributed by atoms with E-state index >= 15 is 0 Å². The molecule has 5 nitrogen and oxygen atoms in total. The molecule has 2 aromatic heterocycles. The molecular weight excluding hydrogens is 214 g/mol. The van der Waals surface area contributed by atoms with Crippen molar-refractivity contribution in [2.75, 3.05) is 6.54 Å². The van der Waals surface area contributed by atoms with Crippen LogP contribution in [-0.4, -0.2) is 32.2 Å². The Balaban J connectivity index is 2.34. The second-order valence-corrected chi connectivity index (χ2v) is 4.24. The molecule has 5 heteroatoms. The fraction of sp³-hybridized carbons (Fsp3) is 0.583. The molecule has 0 spiro atoms. The third-order valence-electron chi connectivity index (χ3n) is 3.18. The molecule has 0 bridgehead atoms. The van der Waals surface area contributed by atoms with Crippen molar-refractivity contribution in [3.05, 3.63) is 24.4 Å². The van der Waals surface area contributed by atoms with Gasteiger partial charge in [0.2, 0.25) is 0 Å². The maximum absolute atomic E-state index is 4.47. The number of fused-ring (bicyclic) bond motifs is 1. The monoisotopic (exact) mass is 233 g/mol. The Kier molecular flexibility index (Phi) is 3.68. The molecule has 0 fully saturated rings. The van der Waals surface area contributed by atoms with E-state index in [1.807, 2.05) is 10.6 Å². The Labute approximate surface area is 101 Å². The third kappa shape index (κ3) is 2.29. The van der Waals surface area contributed by atoms with Crippen LogP contribution in [0.4, 0.5) is 0 Å². The van der Waals surface area contributed by atoms with Gasteiger partial charge in [0, 0.05) is 24.4 Å². The molecule has 2 atom stereocenters. The lowest BCUT2D eigenvalue weighted by Gasteiger charge is -2.23. The highest BCUT2D eigenvalue weighted by molar-refractivity contribution is 5.44. The lowest BCUT2D eigenvalue weighted by molar-refractivity contribution is 0.443. The van der Waals surface area contributed by atoms with E-state index in [2.05, 4.69) is 41.3 Å². The average molecular weight is 233 g/mol. The Bertz CT molecular complexity index is 478. The summed E-state index contributed by atoms with van der Waals surface area (Å²) in [6, 6.07) is 0.426. The first kappa shape index (κ1) is 12.0. The third-order valence-corrected chi connectivity index (χ3v) is 3.18. The molecule has 0 aliphatic heterocycles. The van der Waals surface area contributed by atoms with Crippen molar-refractivity contribution in [3.63, 3.8) is 0 Å². The highest BCUT2D eigenvalue weighted by atomic mass is 15.2. The predicted octanol–water partition coefficient (Wildman–Crippen LogP) is 1.62. The Morgan fingerprint density at radius 1 is 1.41 bits per heavy atom.